The van der Waals surface area contributed by atoms with Gasteiger partial charge in [-0.15, -0.1) is 0 Å². The van der Waals surface area contributed by atoms with Gasteiger partial charge in [0.25, 0.3) is 0 Å². The Hall–Kier alpha value is -0.570. The maximum Gasteiger partial charge on any atom is 0.0576 e. The maximum absolute atomic E-state index is 6.20. The Balaban J connectivity index is 1.90. The van der Waals surface area contributed by atoms with E-state index in [1.165, 1.54) is 37.7 Å². The Labute approximate surface area is 126 Å². The van der Waals surface area contributed by atoms with E-state index in [0.717, 1.165) is 18.1 Å². The molecule has 3 rings (SSSR count). The molecule has 3 heteroatoms. The van der Waals surface area contributed by atoms with Crippen molar-refractivity contribution in [2.24, 2.45) is 5.41 Å². The van der Waals surface area contributed by atoms with Crippen molar-refractivity contribution in [3.8, 4) is 0 Å². The topological polar surface area (TPSA) is 21.3 Å². The van der Waals surface area contributed by atoms with E-state index in [4.69, 9.17) is 16.3 Å². The van der Waals surface area contributed by atoms with E-state index in [2.05, 4.69) is 23.5 Å². The summed E-state index contributed by atoms with van der Waals surface area (Å²) >= 11 is 6.20. The van der Waals surface area contributed by atoms with Gasteiger partial charge >= 0.3 is 0 Å². The molecule has 3 atom stereocenters. The summed E-state index contributed by atoms with van der Waals surface area (Å²) in [6.07, 6.45) is 6.71. The largest absolute Gasteiger partial charge is 0.381 e. The molecular weight excluding hydrogens is 270 g/mol. The molecule has 1 aliphatic heterocycles. The van der Waals surface area contributed by atoms with Crippen molar-refractivity contribution in [3.63, 3.8) is 0 Å². The number of hydrogen-bond donors (Lipinski definition) is 1. The molecule has 1 aromatic rings. The van der Waals surface area contributed by atoms with Gasteiger partial charge in [-0.1, -0.05) is 30.2 Å². The van der Waals surface area contributed by atoms with E-state index in [0.29, 0.717) is 17.4 Å². The first-order chi connectivity index (χ1) is 9.73. The van der Waals surface area contributed by atoms with Crippen LogP contribution < -0.4 is 5.32 Å². The number of ether oxygens (including phenoxy) is 1. The van der Waals surface area contributed by atoms with E-state index in [1.54, 1.807) is 0 Å². The zero-order valence-electron chi connectivity index (χ0n) is 12.2. The third-order valence-electron chi connectivity index (χ3n) is 5.31. The lowest BCUT2D eigenvalue weighted by atomic mass is 9.60. The molecule has 110 valence electrons. The summed E-state index contributed by atoms with van der Waals surface area (Å²) in [4.78, 5) is 0. The average Bonchev–Trinajstić information content (AvgIpc) is 2.48. The van der Waals surface area contributed by atoms with Crippen molar-refractivity contribution < 1.29 is 4.74 Å². The molecule has 2 aliphatic rings. The highest BCUT2D eigenvalue weighted by Gasteiger charge is 2.44. The van der Waals surface area contributed by atoms with Crippen LogP contribution in [0.5, 0.6) is 0 Å². The summed E-state index contributed by atoms with van der Waals surface area (Å²) < 4.78 is 5.68. The van der Waals surface area contributed by atoms with E-state index in [9.17, 15) is 0 Å². The Morgan fingerprint density at radius 2 is 2.25 bits per heavy atom. The molecule has 0 bridgehead atoms. The molecule has 1 heterocycles. The van der Waals surface area contributed by atoms with Crippen molar-refractivity contribution in [2.45, 2.75) is 44.1 Å². The standard InChI is InChI=1S/C17H24ClNO/c1-20-15-6-3-7-17(11-15)8-9-19-12-16(17)13-4-2-5-14(18)10-13/h2,4-5,10,15-16,19H,3,6-9,11-12H2,1H3. The zero-order chi connectivity index (χ0) is 14.0. The SMILES string of the molecule is COC1CCCC2(CCNCC2c2cccc(Cl)c2)C1. The molecule has 1 saturated heterocycles. The fourth-order valence-corrected chi connectivity index (χ4v) is 4.45. The number of nitrogens with one attached hydrogen (secondary N) is 1. The van der Waals surface area contributed by atoms with Gasteiger partial charge in [0, 0.05) is 24.6 Å². The molecule has 2 nitrogen and oxygen atoms in total. The molecule has 3 unspecified atom stereocenters. The van der Waals surface area contributed by atoms with Crippen molar-refractivity contribution >= 4 is 11.6 Å². The predicted octanol–water partition coefficient (Wildman–Crippen LogP) is 3.99. The second-order valence-electron chi connectivity index (χ2n) is 6.38. The predicted molar refractivity (Wildman–Crippen MR) is 83.4 cm³/mol. The smallest absolute Gasteiger partial charge is 0.0576 e. The minimum atomic E-state index is 0.398. The molecule has 2 fully saturated rings. The molecule has 1 N–H and O–H groups in total. The minimum Gasteiger partial charge on any atom is -0.381 e. The number of rotatable bonds is 2. The van der Waals surface area contributed by atoms with Crippen LogP contribution in [-0.2, 0) is 4.74 Å². The Morgan fingerprint density at radius 3 is 3.05 bits per heavy atom. The molecule has 0 amide bonds. The fourth-order valence-electron chi connectivity index (χ4n) is 4.25. The van der Waals surface area contributed by atoms with Gasteiger partial charge < -0.3 is 10.1 Å². The molecule has 20 heavy (non-hydrogen) atoms. The number of halogens is 1. The molecule has 1 saturated carbocycles. The van der Waals surface area contributed by atoms with Crippen LogP contribution in [0.15, 0.2) is 24.3 Å². The summed E-state index contributed by atoms with van der Waals surface area (Å²) in [7, 11) is 1.86. The van der Waals surface area contributed by atoms with Gasteiger partial charge in [-0.3, -0.25) is 0 Å². The number of piperidine rings is 1. The van der Waals surface area contributed by atoms with Crippen LogP contribution >= 0.6 is 11.6 Å². The van der Waals surface area contributed by atoms with Gasteiger partial charge in [-0.05, 0) is 55.3 Å². The van der Waals surface area contributed by atoms with Gasteiger partial charge in [-0.25, -0.2) is 0 Å². The monoisotopic (exact) mass is 293 g/mol. The lowest BCUT2D eigenvalue weighted by Gasteiger charge is -2.49. The molecule has 1 spiro atoms. The maximum atomic E-state index is 6.20. The first-order valence-corrected chi connectivity index (χ1v) is 8.10. The van der Waals surface area contributed by atoms with E-state index < -0.39 is 0 Å². The van der Waals surface area contributed by atoms with Crippen molar-refractivity contribution in [1.82, 2.24) is 5.32 Å². The number of benzene rings is 1. The van der Waals surface area contributed by atoms with Gasteiger partial charge in [0.1, 0.15) is 0 Å². The summed E-state index contributed by atoms with van der Waals surface area (Å²) in [5.74, 6) is 0.563. The lowest BCUT2D eigenvalue weighted by Crippen LogP contribution is -2.47. The molecule has 1 aromatic carbocycles. The number of methoxy groups -OCH3 is 1. The zero-order valence-corrected chi connectivity index (χ0v) is 13.0. The Morgan fingerprint density at radius 1 is 1.35 bits per heavy atom. The quantitative estimate of drug-likeness (QED) is 0.890. The molecule has 0 aromatic heterocycles. The molecular formula is C17H24ClNO. The van der Waals surface area contributed by atoms with Crippen LogP contribution in [0, 0.1) is 5.41 Å². The van der Waals surface area contributed by atoms with Crippen molar-refractivity contribution in [1.29, 1.82) is 0 Å². The third-order valence-corrected chi connectivity index (χ3v) is 5.54. The summed E-state index contributed by atoms with van der Waals surface area (Å²) in [6, 6.07) is 8.43. The summed E-state index contributed by atoms with van der Waals surface area (Å²) in [5.41, 5.74) is 1.79. The van der Waals surface area contributed by atoms with E-state index >= 15 is 0 Å². The van der Waals surface area contributed by atoms with Crippen molar-refractivity contribution in [2.75, 3.05) is 20.2 Å². The second-order valence-corrected chi connectivity index (χ2v) is 6.81. The van der Waals surface area contributed by atoms with Gasteiger partial charge in [0.15, 0.2) is 0 Å². The van der Waals surface area contributed by atoms with Gasteiger partial charge in [0.2, 0.25) is 0 Å². The van der Waals surface area contributed by atoms with Crippen LogP contribution in [0.1, 0.15) is 43.6 Å². The first-order valence-electron chi connectivity index (χ1n) is 7.72. The Bertz CT molecular complexity index is 460. The highest BCUT2D eigenvalue weighted by atomic mass is 35.5. The van der Waals surface area contributed by atoms with Crippen LogP contribution in [-0.4, -0.2) is 26.3 Å². The fraction of sp³-hybridized carbons (Fsp3) is 0.647. The summed E-state index contributed by atoms with van der Waals surface area (Å²) in [5, 5.41) is 4.42. The first kappa shape index (κ1) is 14.4. The Kier molecular flexibility index (Phi) is 4.34. The van der Waals surface area contributed by atoms with Crippen molar-refractivity contribution in [3.05, 3.63) is 34.9 Å². The average molecular weight is 294 g/mol. The molecule has 1 aliphatic carbocycles. The van der Waals surface area contributed by atoms with Crippen LogP contribution in [0.3, 0.4) is 0 Å². The highest BCUT2D eigenvalue weighted by Crippen LogP contribution is 2.51. The van der Waals surface area contributed by atoms with E-state index in [-0.39, 0.29) is 0 Å². The van der Waals surface area contributed by atoms with Gasteiger partial charge in [0.05, 0.1) is 6.10 Å². The normalized spacial score (nSPS) is 34.3. The van der Waals surface area contributed by atoms with Crippen LogP contribution in [0.2, 0.25) is 5.02 Å². The van der Waals surface area contributed by atoms with Crippen LogP contribution in [0.4, 0.5) is 0 Å². The molecule has 0 radical (unpaired) electrons. The second kappa shape index (κ2) is 6.05. The highest BCUT2D eigenvalue weighted by molar-refractivity contribution is 6.30. The minimum absolute atomic E-state index is 0.398. The third kappa shape index (κ3) is 2.74. The summed E-state index contributed by atoms with van der Waals surface area (Å²) in [6.45, 7) is 2.20. The number of hydrogen-bond acceptors (Lipinski definition) is 2. The van der Waals surface area contributed by atoms with E-state index in [1.807, 2.05) is 13.2 Å². The lowest BCUT2D eigenvalue weighted by molar-refractivity contribution is -0.0122. The van der Waals surface area contributed by atoms with Gasteiger partial charge in [-0.2, -0.15) is 0 Å². The van der Waals surface area contributed by atoms with Crippen LogP contribution in [0.25, 0.3) is 0 Å².